The maximum atomic E-state index is 12.0. The van der Waals surface area contributed by atoms with Crippen molar-refractivity contribution in [1.82, 2.24) is 19.9 Å². The molecule has 0 aliphatic heterocycles. The van der Waals surface area contributed by atoms with E-state index < -0.39 is 17.1 Å². The number of hydrogen-bond donors (Lipinski definition) is 5. The number of fused-ring (bicyclic) bond motifs is 1. The summed E-state index contributed by atoms with van der Waals surface area (Å²) >= 11 is 0. The average Bonchev–Trinajstić information content (AvgIpc) is 2.53. The van der Waals surface area contributed by atoms with Crippen molar-refractivity contribution in [3.63, 3.8) is 0 Å². The summed E-state index contributed by atoms with van der Waals surface area (Å²) in [6.07, 6.45) is 0. The second-order valence-corrected chi connectivity index (χ2v) is 4.90. The number of carbonyl (C=O) groups is 1. The predicted octanol–water partition coefficient (Wildman–Crippen LogP) is -0.101. The summed E-state index contributed by atoms with van der Waals surface area (Å²) in [5, 5.41) is 11.8. The van der Waals surface area contributed by atoms with Crippen LogP contribution in [0.1, 0.15) is 16.1 Å². The summed E-state index contributed by atoms with van der Waals surface area (Å²) in [5.74, 6) is -1.14. The van der Waals surface area contributed by atoms with Crippen LogP contribution in [-0.4, -0.2) is 31.0 Å². The van der Waals surface area contributed by atoms with Gasteiger partial charge in [0.15, 0.2) is 11.2 Å². The summed E-state index contributed by atoms with van der Waals surface area (Å²) in [6, 6.07) is 5.99. The van der Waals surface area contributed by atoms with Crippen LogP contribution in [0.15, 0.2) is 33.9 Å². The molecule has 1 aromatic carbocycles. The van der Waals surface area contributed by atoms with E-state index in [1.807, 2.05) is 0 Å². The fraction of sp³-hybridized carbons (Fsp3) is 0.0714. The Morgan fingerprint density at radius 3 is 2.50 bits per heavy atom. The number of rotatable bonds is 4. The van der Waals surface area contributed by atoms with Crippen molar-refractivity contribution in [2.24, 2.45) is 0 Å². The quantitative estimate of drug-likeness (QED) is 0.442. The molecule has 0 saturated carbocycles. The molecular weight excluding hydrogens is 316 g/mol. The van der Waals surface area contributed by atoms with Crippen molar-refractivity contribution in [1.29, 1.82) is 0 Å². The molecule has 0 unspecified atom stereocenters. The number of carboxylic acid groups (broad SMARTS) is 1. The second kappa shape index (κ2) is 5.83. The smallest absolute Gasteiger partial charge is 0.335 e. The predicted molar refractivity (Wildman–Crippen MR) is 85.9 cm³/mol. The Morgan fingerprint density at radius 2 is 1.83 bits per heavy atom. The minimum Gasteiger partial charge on any atom is -0.478 e. The molecule has 2 aromatic heterocycles. The third-order valence-electron chi connectivity index (χ3n) is 3.25. The van der Waals surface area contributed by atoms with E-state index in [1.165, 1.54) is 12.1 Å². The molecule has 24 heavy (non-hydrogen) atoms. The van der Waals surface area contributed by atoms with Crippen LogP contribution in [0.3, 0.4) is 0 Å². The van der Waals surface area contributed by atoms with E-state index in [2.05, 4.69) is 25.3 Å². The van der Waals surface area contributed by atoms with E-state index in [1.54, 1.807) is 12.1 Å². The Morgan fingerprint density at radius 1 is 1.12 bits per heavy atom. The van der Waals surface area contributed by atoms with Gasteiger partial charge < -0.3 is 21.1 Å². The van der Waals surface area contributed by atoms with Crippen LogP contribution < -0.4 is 22.2 Å². The highest BCUT2D eigenvalue weighted by Gasteiger charge is 2.10. The van der Waals surface area contributed by atoms with Gasteiger partial charge in [-0.15, -0.1) is 0 Å². The van der Waals surface area contributed by atoms with Gasteiger partial charge in [-0.3, -0.25) is 14.6 Å². The maximum absolute atomic E-state index is 12.0. The number of aromatic amines is 2. The normalized spacial score (nSPS) is 10.7. The number of nitrogens with two attached hydrogens (primary N) is 1. The number of nitrogens with one attached hydrogen (secondary N) is 3. The van der Waals surface area contributed by atoms with Gasteiger partial charge in [-0.05, 0) is 24.3 Å². The van der Waals surface area contributed by atoms with E-state index in [9.17, 15) is 14.4 Å². The SMILES string of the molecule is Nc1nc2[nH]c(=O)c(CNc3ccc(C(=O)O)cc3)nc2c(=O)[nH]1. The number of aromatic carboxylic acids is 1. The second-order valence-electron chi connectivity index (χ2n) is 4.90. The summed E-state index contributed by atoms with van der Waals surface area (Å²) in [5.41, 5.74) is 5.17. The molecule has 0 aliphatic carbocycles. The van der Waals surface area contributed by atoms with Crippen LogP contribution in [0.2, 0.25) is 0 Å². The van der Waals surface area contributed by atoms with E-state index >= 15 is 0 Å². The minimum atomic E-state index is -1.03. The van der Waals surface area contributed by atoms with Gasteiger partial charge in [0.05, 0.1) is 12.1 Å². The van der Waals surface area contributed by atoms with Crippen LogP contribution in [-0.2, 0) is 6.54 Å². The highest BCUT2D eigenvalue weighted by molar-refractivity contribution is 5.88. The van der Waals surface area contributed by atoms with Crippen molar-refractivity contribution >= 4 is 28.8 Å². The molecule has 2 heterocycles. The zero-order valence-electron chi connectivity index (χ0n) is 12.2. The largest absolute Gasteiger partial charge is 0.478 e. The van der Waals surface area contributed by atoms with Gasteiger partial charge in [0.25, 0.3) is 11.1 Å². The Bertz CT molecular complexity index is 1040. The van der Waals surface area contributed by atoms with Crippen molar-refractivity contribution in [3.05, 3.63) is 56.2 Å². The molecule has 0 saturated heterocycles. The first-order valence-corrected chi connectivity index (χ1v) is 6.80. The van der Waals surface area contributed by atoms with Crippen LogP contribution in [0.4, 0.5) is 11.6 Å². The molecule has 3 aromatic rings. The minimum absolute atomic E-state index is 0.0100. The molecule has 0 fully saturated rings. The van der Waals surface area contributed by atoms with E-state index in [-0.39, 0.29) is 34.9 Å². The van der Waals surface area contributed by atoms with Crippen LogP contribution in [0.25, 0.3) is 11.2 Å². The number of carboxylic acids is 1. The van der Waals surface area contributed by atoms with Gasteiger partial charge >= 0.3 is 5.97 Å². The Kier molecular flexibility index (Phi) is 3.70. The first-order valence-electron chi connectivity index (χ1n) is 6.80. The molecule has 122 valence electrons. The highest BCUT2D eigenvalue weighted by Crippen LogP contribution is 2.10. The van der Waals surface area contributed by atoms with E-state index in [4.69, 9.17) is 10.8 Å². The molecule has 0 bridgehead atoms. The molecule has 10 nitrogen and oxygen atoms in total. The highest BCUT2D eigenvalue weighted by atomic mass is 16.4. The fourth-order valence-electron chi connectivity index (χ4n) is 2.08. The number of anilines is 2. The number of nitrogens with zero attached hydrogens (tertiary/aromatic N) is 2. The number of aromatic nitrogens is 4. The number of H-pyrrole nitrogens is 2. The Balaban J connectivity index is 1.87. The first kappa shape index (κ1) is 15.2. The molecule has 10 heteroatoms. The van der Waals surface area contributed by atoms with Gasteiger partial charge in [-0.2, -0.15) is 4.98 Å². The van der Waals surface area contributed by atoms with Gasteiger partial charge in [-0.1, -0.05) is 0 Å². The number of hydrogen-bond acceptors (Lipinski definition) is 7. The lowest BCUT2D eigenvalue weighted by atomic mass is 10.2. The monoisotopic (exact) mass is 328 g/mol. The third kappa shape index (κ3) is 2.92. The zero-order chi connectivity index (χ0) is 17.3. The van der Waals surface area contributed by atoms with Gasteiger partial charge in [0, 0.05) is 5.69 Å². The Hall–Kier alpha value is -3.69. The standard InChI is InChI=1S/C14H12N6O4/c15-14-19-10-9(12(22)20-14)17-8(11(21)18-10)5-16-7-3-1-6(2-4-7)13(23)24/h1-4,16H,5H2,(H,23,24)(H4,15,18,19,20,21,22). The van der Waals surface area contributed by atoms with Crippen molar-refractivity contribution < 1.29 is 9.90 Å². The van der Waals surface area contributed by atoms with Crippen molar-refractivity contribution in [2.45, 2.75) is 6.54 Å². The lowest BCUT2D eigenvalue weighted by Crippen LogP contribution is -2.23. The molecule has 3 rings (SSSR count). The number of benzene rings is 1. The molecule has 0 amide bonds. The van der Waals surface area contributed by atoms with Gasteiger partial charge in [0.1, 0.15) is 5.69 Å². The van der Waals surface area contributed by atoms with Crippen LogP contribution in [0.5, 0.6) is 0 Å². The molecule has 6 N–H and O–H groups in total. The summed E-state index contributed by atoms with van der Waals surface area (Å²) < 4.78 is 0. The fourth-order valence-corrected chi connectivity index (χ4v) is 2.08. The zero-order valence-corrected chi connectivity index (χ0v) is 12.2. The first-order chi connectivity index (χ1) is 11.4. The van der Waals surface area contributed by atoms with Crippen LogP contribution >= 0.6 is 0 Å². The van der Waals surface area contributed by atoms with Gasteiger partial charge in [-0.25, -0.2) is 9.78 Å². The summed E-state index contributed by atoms with van der Waals surface area (Å²) in [7, 11) is 0. The number of nitrogen functional groups attached to an aromatic ring is 1. The average molecular weight is 328 g/mol. The molecule has 0 atom stereocenters. The molecular formula is C14H12N6O4. The van der Waals surface area contributed by atoms with Crippen LogP contribution in [0, 0.1) is 0 Å². The van der Waals surface area contributed by atoms with Gasteiger partial charge in [0.2, 0.25) is 5.95 Å². The summed E-state index contributed by atoms with van der Waals surface area (Å²) in [4.78, 5) is 47.2. The lowest BCUT2D eigenvalue weighted by molar-refractivity contribution is 0.0697. The van der Waals surface area contributed by atoms with Crippen molar-refractivity contribution in [3.8, 4) is 0 Å². The van der Waals surface area contributed by atoms with E-state index in [0.29, 0.717) is 5.69 Å². The topological polar surface area (TPSA) is 167 Å². The maximum Gasteiger partial charge on any atom is 0.335 e. The summed E-state index contributed by atoms with van der Waals surface area (Å²) in [6.45, 7) is 0.0432. The third-order valence-corrected chi connectivity index (χ3v) is 3.25. The lowest BCUT2D eigenvalue weighted by Gasteiger charge is -2.06. The molecule has 0 radical (unpaired) electrons. The molecule has 0 spiro atoms. The van der Waals surface area contributed by atoms with E-state index in [0.717, 1.165) is 0 Å². The Labute approximate surface area is 133 Å². The van der Waals surface area contributed by atoms with Crippen molar-refractivity contribution in [2.75, 3.05) is 11.1 Å². The molecule has 0 aliphatic rings.